The van der Waals surface area contributed by atoms with Crippen LogP contribution >= 0.6 is 24.8 Å². The van der Waals surface area contributed by atoms with Crippen LogP contribution in [0.5, 0.6) is 0 Å². The number of carbonyl (C=O) groups is 1. The van der Waals surface area contributed by atoms with E-state index in [0.717, 1.165) is 91.1 Å². The number of piperazine rings is 2. The molecule has 1 aliphatic carbocycles. The fourth-order valence-corrected chi connectivity index (χ4v) is 6.33. The van der Waals surface area contributed by atoms with Crippen molar-refractivity contribution >= 4 is 30.8 Å². The highest BCUT2D eigenvalue weighted by Gasteiger charge is 2.18. The summed E-state index contributed by atoms with van der Waals surface area (Å²) in [6.07, 6.45) is 8.25. The van der Waals surface area contributed by atoms with Crippen molar-refractivity contribution in [1.82, 2.24) is 30.2 Å². The normalized spacial score (nSPS) is 18.5. The summed E-state index contributed by atoms with van der Waals surface area (Å²) in [5, 5.41) is 6.14. The summed E-state index contributed by atoms with van der Waals surface area (Å²) in [6.45, 7) is 15.2. The lowest BCUT2D eigenvalue weighted by Gasteiger charge is -2.34. The summed E-state index contributed by atoms with van der Waals surface area (Å²) in [6, 6.07) is 21.9. The first kappa shape index (κ1) is 39.3. The Morgan fingerprint density at radius 3 is 1.56 bits per heavy atom. The molecule has 2 saturated heterocycles. The lowest BCUT2D eigenvalue weighted by Crippen LogP contribution is -2.47. The number of nitrogens with one attached hydrogen (secondary N) is 2. The van der Waals surface area contributed by atoms with Crippen LogP contribution in [0.2, 0.25) is 0 Å². The molecule has 0 atom stereocenters. The molecule has 8 nitrogen and oxygen atoms in total. The lowest BCUT2D eigenvalue weighted by atomic mass is 9.96. The van der Waals surface area contributed by atoms with Gasteiger partial charge in [0.05, 0.1) is 0 Å². The monoisotopic (exact) mass is 663 g/mol. The van der Waals surface area contributed by atoms with Gasteiger partial charge in [-0.2, -0.15) is 0 Å². The van der Waals surface area contributed by atoms with Crippen LogP contribution in [0.1, 0.15) is 56.1 Å². The van der Waals surface area contributed by atoms with Crippen LogP contribution < -0.4 is 16.4 Å². The smallest absolute Gasteiger partial charge is 0.315 e. The predicted molar refractivity (Wildman–Crippen MR) is 193 cm³/mol. The number of nitrogens with zero attached hydrogens (tertiary/aromatic N) is 4. The number of urea groups is 1. The zero-order valence-electron chi connectivity index (χ0n) is 27.3. The Balaban J connectivity index is 0.000000325. The number of nitrogens with two attached hydrogens (primary N) is 1. The van der Waals surface area contributed by atoms with Crippen LogP contribution in [0.25, 0.3) is 0 Å². The highest BCUT2D eigenvalue weighted by atomic mass is 35.5. The molecule has 45 heavy (non-hydrogen) atoms. The van der Waals surface area contributed by atoms with Crippen molar-refractivity contribution in [3.8, 4) is 0 Å². The molecule has 2 aromatic carbocycles. The average Bonchev–Trinajstić information content (AvgIpc) is 3.05. The van der Waals surface area contributed by atoms with Crippen molar-refractivity contribution in [3.63, 3.8) is 0 Å². The molecule has 0 aromatic heterocycles. The Labute approximate surface area is 285 Å². The molecule has 2 aromatic rings. The van der Waals surface area contributed by atoms with Crippen LogP contribution in [0.15, 0.2) is 60.7 Å². The maximum atomic E-state index is 11.9. The summed E-state index contributed by atoms with van der Waals surface area (Å²) in [7, 11) is 0. The van der Waals surface area contributed by atoms with Gasteiger partial charge in [0.15, 0.2) is 0 Å². The van der Waals surface area contributed by atoms with Gasteiger partial charge in [-0.1, -0.05) is 79.9 Å². The molecule has 1 saturated carbocycles. The van der Waals surface area contributed by atoms with E-state index in [4.69, 9.17) is 5.73 Å². The van der Waals surface area contributed by atoms with E-state index in [0.29, 0.717) is 6.04 Å². The van der Waals surface area contributed by atoms with Crippen molar-refractivity contribution in [2.24, 2.45) is 5.73 Å². The van der Waals surface area contributed by atoms with Crippen LogP contribution in [-0.4, -0.2) is 110 Å². The van der Waals surface area contributed by atoms with Crippen molar-refractivity contribution in [2.45, 2.75) is 64.1 Å². The van der Waals surface area contributed by atoms with E-state index in [9.17, 15) is 4.79 Å². The van der Waals surface area contributed by atoms with E-state index in [-0.39, 0.29) is 30.8 Å². The summed E-state index contributed by atoms with van der Waals surface area (Å²) in [4.78, 5) is 22.0. The van der Waals surface area contributed by atoms with Gasteiger partial charge in [0.25, 0.3) is 0 Å². The molecule has 4 N–H and O–H groups in total. The van der Waals surface area contributed by atoms with Gasteiger partial charge in [-0.05, 0) is 56.4 Å². The molecule has 3 aliphatic rings. The standard InChI is InChI=1S/C21H34N4O.C14H23N3.2ClH/c26-21(23-20-10-5-2-6-11-20)22-12-7-13-24-14-16-25(17-15-24)18-19-8-3-1-4-9-19;15-7-4-8-16-9-11-17(12-10-16)13-14-5-2-1-3-6-14;;/h1,3-4,8-9,20H,2,5-7,10-18H2,(H2,22,23,26);1-3,5-6H,4,7-13,15H2;2*1H. The number of hydrogen-bond donors (Lipinski definition) is 3. The van der Waals surface area contributed by atoms with Gasteiger partial charge in [-0.15, -0.1) is 24.8 Å². The predicted octanol–water partition coefficient (Wildman–Crippen LogP) is 4.82. The minimum atomic E-state index is 0. The molecule has 0 bridgehead atoms. The minimum absolute atomic E-state index is 0. The van der Waals surface area contributed by atoms with Gasteiger partial charge in [0, 0.05) is 78.0 Å². The van der Waals surface area contributed by atoms with Crippen molar-refractivity contribution in [3.05, 3.63) is 71.8 Å². The number of rotatable bonds is 12. The number of benzene rings is 2. The molecule has 2 aliphatic heterocycles. The quantitative estimate of drug-likeness (QED) is 0.283. The van der Waals surface area contributed by atoms with Gasteiger partial charge >= 0.3 is 6.03 Å². The maximum absolute atomic E-state index is 11.9. The summed E-state index contributed by atoms with van der Waals surface area (Å²) in [5.41, 5.74) is 8.35. The second kappa shape index (κ2) is 23.4. The molecular weight excluding hydrogens is 605 g/mol. The Hall–Kier alpha value is -1.91. The number of carbonyl (C=O) groups excluding carboxylic acids is 1. The molecule has 0 spiro atoms. The van der Waals surface area contributed by atoms with E-state index >= 15 is 0 Å². The fourth-order valence-electron chi connectivity index (χ4n) is 6.33. The first-order valence-electron chi connectivity index (χ1n) is 16.9. The molecule has 3 fully saturated rings. The molecular formula is C35H59Cl2N7O. The molecule has 2 amide bonds. The minimum Gasteiger partial charge on any atom is -0.338 e. The molecule has 254 valence electrons. The van der Waals surface area contributed by atoms with Crippen LogP contribution in [-0.2, 0) is 13.1 Å². The van der Waals surface area contributed by atoms with Gasteiger partial charge in [0.1, 0.15) is 0 Å². The van der Waals surface area contributed by atoms with E-state index in [2.05, 4.69) is 90.9 Å². The summed E-state index contributed by atoms with van der Waals surface area (Å²) >= 11 is 0. The first-order valence-corrected chi connectivity index (χ1v) is 16.9. The average molecular weight is 665 g/mol. The Morgan fingerprint density at radius 2 is 1.09 bits per heavy atom. The first-order chi connectivity index (χ1) is 21.2. The fraction of sp³-hybridized carbons (Fsp3) is 0.629. The van der Waals surface area contributed by atoms with Crippen LogP contribution in [0.3, 0.4) is 0 Å². The molecule has 0 unspecified atom stereocenters. The maximum Gasteiger partial charge on any atom is 0.315 e. The SMILES string of the molecule is Cl.Cl.NCCCN1CCN(Cc2ccccc2)CC1.O=C(NCCCN1CCN(Cc2ccccc2)CC1)NC1CCCCC1. The van der Waals surface area contributed by atoms with Crippen molar-refractivity contribution in [2.75, 3.05) is 78.5 Å². The highest BCUT2D eigenvalue weighted by molar-refractivity contribution is 5.85. The molecule has 5 rings (SSSR count). The lowest BCUT2D eigenvalue weighted by molar-refractivity contribution is 0.126. The second-order valence-electron chi connectivity index (χ2n) is 12.4. The van der Waals surface area contributed by atoms with Gasteiger partial charge in [-0.3, -0.25) is 9.80 Å². The van der Waals surface area contributed by atoms with Crippen LogP contribution in [0, 0.1) is 0 Å². The van der Waals surface area contributed by atoms with E-state index in [1.54, 1.807) is 0 Å². The third-order valence-corrected chi connectivity index (χ3v) is 8.98. The van der Waals surface area contributed by atoms with E-state index in [1.165, 1.54) is 56.6 Å². The topological polar surface area (TPSA) is 80.1 Å². The van der Waals surface area contributed by atoms with Gasteiger partial charge < -0.3 is 26.2 Å². The summed E-state index contributed by atoms with van der Waals surface area (Å²) in [5.74, 6) is 0. The largest absolute Gasteiger partial charge is 0.338 e. The van der Waals surface area contributed by atoms with Crippen molar-refractivity contribution < 1.29 is 4.79 Å². The van der Waals surface area contributed by atoms with Gasteiger partial charge in [-0.25, -0.2) is 4.79 Å². The zero-order chi connectivity index (χ0) is 30.0. The van der Waals surface area contributed by atoms with E-state index < -0.39 is 0 Å². The summed E-state index contributed by atoms with van der Waals surface area (Å²) < 4.78 is 0. The Bertz CT molecular complexity index is 998. The highest BCUT2D eigenvalue weighted by Crippen LogP contribution is 2.17. The Morgan fingerprint density at radius 1 is 0.644 bits per heavy atom. The molecule has 0 radical (unpaired) electrons. The number of amides is 2. The third kappa shape index (κ3) is 16.0. The molecule has 2 heterocycles. The number of hydrogen-bond acceptors (Lipinski definition) is 6. The van der Waals surface area contributed by atoms with Gasteiger partial charge in [0.2, 0.25) is 0 Å². The molecule has 10 heteroatoms. The van der Waals surface area contributed by atoms with Crippen LogP contribution in [0.4, 0.5) is 4.79 Å². The Kier molecular flexibility index (Phi) is 20.4. The zero-order valence-corrected chi connectivity index (χ0v) is 28.9. The van der Waals surface area contributed by atoms with E-state index in [1.807, 2.05) is 0 Å². The van der Waals surface area contributed by atoms with Crippen molar-refractivity contribution in [1.29, 1.82) is 0 Å². The third-order valence-electron chi connectivity index (χ3n) is 8.98. The number of halogens is 2. The second-order valence-corrected chi connectivity index (χ2v) is 12.4.